The molecule has 0 amide bonds. The second kappa shape index (κ2) is 5.31. The van der Waals surface area contributed by atoms with Gasteiger partial charge in [0.1, 0.15) is 5.54 Å². The summed E-state index contributed by atoms with van der Waals surface area (Å²) in [6.45, 7) is 7.23. The first-order valence-corrected chi connectivity index (χ1v) is 8.51. The molecule has 1 aliphatic heterocycles. The van der Waals surface area contributed by atoms with E-state index in [1.165, 1.54) is 51.6 Å². The molecule has 1 heterocycles. The van der Waals surface area contributed by atoms with E-state index >= 15 is 0 Å². The van der Waals surface area contributed by atoms with Gasteiger partial charge in [-0.25, -0.2) is 0 Å². The molecular weight excluding hydrogens is 246 g/mol. The molecule has 2 saturated carbocycles. The third-order valence-electron chi connectivity index (χ3n) is 6.14. The summed E-state index contributed by atoms with van der Waals surface area (Å²) in [5.74, 6) is 0. The first-order chi connectivity index (χ1) is 9.58. The van der Waals surface area contributed by atoms with Gasteiger partial charge >= 0.3 is 0 Å². The molecule has 0 aromatic heterocycles. The monoisotopic (exact) mass is 275 g/mol. The van der Waals surface area contributed by atoms with Crippen molar-refractivity contribution < 1.29 is 0 Å². The topological polar surface area (TPSA) is 39.1 Å². The predicted octanol–water partition coefficient (Wildman–Crippen LogP) is 3.07. The first-order valence-electron chi connectivity index (χ1n) is 8.51. The van der Waals surface area contributed by atoms with E-state index in [1.54, 1.807) is 0 Å². The number of rotatable bonds is 4. The molecule has 0 aromatic carbocycles. The molecule has 112 valence electrons. The zero-order valence-electron chi connectivity index (χ0n) is 13.1. The lowest BCUT2D eigenvalue weighted by molar-refractivity contribution is 0.0805. The highest BCUT2D eigenvalue weighted by atomic mass is 15.2. The normalized spacial score (nSPS) is 37.8. The van der Waals surface area contributed by atoms with Gasteiger partial charge in [-0.15, -0.1) is 0 Å². The lowest BCUT2D eigenvalue weighted by Gasteiger charge is -2.41. The third-order valence-corrected chi connectivity index (χ3v) is 6.14. The maximum absolute atomic E-state index is 9.60. The van der Waals surface area contributed by atoms with E-state index in [9.17, 15) is 5.26 Å². The number of likely N-dealkylation sites (tertiary alicyclic amines) is 1. The molecule has 3 aliphatic rings. The van der Waals surface area contributed by atoms with Crippen molar-refractivity contribution in [3.05, 3.63) is 0 Å². The van der Waals surface area contributed by atoms with Crippen LogP contribution in [-0.4, -0.2) is 35.6 Å². The lowest BCUT2D eigenvalue weighted by atomic mass is 9.78. The molecule has 1 N–H and O–H groups in total. The van der Waals surface area contributed by atoms with Gasteiger partial charge in [0.05, 0.1) is 6.07 Å². The van der Waals surface area contributed by atoms with Crippen LogP contribution in [0.4, 0.5) is 0 Å². The van der Waals surface area contributed by atoms with Crippen molar-refractivity contribution in [2.24, 2.45) is 5.41 Å². The highest BCUT2D eigenvalue weighted by Gasteiger charge is 2.45. The van der Waals surface area contributed by atoms with Gasteiger partial charge in [-0.05, 0) is 63.5 Å². The molecule has 0 aromatic rings. The van der Waals surface area contributed by atoms with Gasteiger partial charge in [0.2, 0.25) is 0 Å². The summed E-state index contributed by atoms with van der Waals surface area (Å²) in [5.41, 5.74) is 0.352. The Morgan fingerprint density at radius 3 is 2.45 bits per heavy atom. The molecule has 2 atom stereocenters. The minimum absolute atomic E-state index is 0.211. The van der Waals surface area contributed by atoms with Crippen molar-refractivity contribution in [1.82, 2.24) is 10.2 Å². The van der Waals surface area contributed by atoms with Crippen LogP contribution in [0.3, 0.4) is 0 Å². The number of nitriles is 1. The van der Waals surface area contributed by atoms with Crippen LogP contribution in [0.2, 0.25) is 0 Å². The van der Waals surface area contributed by atoms with Gasteiger partial charge < -0.3 is 4.90 Å². The SMILES string of the molecule is CCC1(C)CCN(C2CCC(C#N)(NC3CC3)C2)CC1. The highest BCUT2D eigenvalue weighted by Crippen LogP contribution is 2.40. The van der Waals surface area contributed by atoms with Crippen LogP contribution >= 0.6 is 0 Å². The molecule has 0 radical (unpaired) electrons. The van der Waals surface area contributed by atoms with Crippen molar-refractivity contribution in [2.45, 2.75) is 82.8 Å². The van der Waals surface area contributed by atoms with Gasteiger partial charge in [-0.2, -0.15) is 5.26 Å². The summed E-state index contributed by atoms with van der Waals surface area (Å²) in [6, 6.07) is 3.89. The van der Waals surface area contributed by atoms with Crippen LogP contribution in [0.5, 0.6) is 0 Å². The highest BCUT2D eigenvalue weighted by molar-refractivity contribution is 5.15. The van der Waals surface area contributed by atoms with Gasteiger partial charge in [-0.3, -0.25) is 5.32 Å². The van der Waals surface area contributed by atoms with Gasteiger partial charge in [-0.1, -0.05) is 20.3 Å². The van der Waals surface area contributed by atoms with E-state index in [2.05, 4.69) is 30.1 Å². The summed E-state index contributed by atoms with van der Waals surface area (Å²) >= 11 is 0. The standard InChI is InChI=1S/C17H29N3/c1-3-16(2)8-10-20(11-9-16)15-6-7-17(12-15,13-18)19-14-4-5-14/h14-15,19H,3-12H2,1-2H3. The Morgan fingerprint density at radius 2 is 1.90 bits per heavy atom. The molecular formula is C17H29N3. The summed E-state index contributed by atoms with van der Waals surface area (Å²) in [5, 5.41) is 13.2. The maximum atomic E-state index is 9.60. The number of hydrogen-bond acceptors (Lipinski definition) is 3. The van der Waals surface area contributed by atoms with Crippen LogP contribution in [-0.2, 0) is 0 Å². The molecule has 2 unspecified atom stereocenters. The Labute approximate surface area is 123 Å². The molecule has 3 fully saturated rings. The fourth-order valence-corrected chi connectivity index (χ4v) is 4.00. The van der Waals surface area contributed by atoms with Crippen LogP contribution in [0, 0.1) is 16.7 Å². The Bertz CT molecular complexity index is 388. The number of piperidine rings is 1. The molecule has 20 heavy (non-hydrogen) atoms. The largest absolute Gasteiger partial charge is 0.300 e. The molecule has 1 saturated heterocycles. The van der Waals surface area contributed by atoms with Crippen LogP contribution < -0.4 is 5.32 Å². The van der Waals surface area contributed by atoms with Crippen LogP contribution in [0.25, 0.3) is 0 Å². The second-order valence-electron chi connectivity index (χ2n) is 7.71. The fourth-order valence-electron chi connectivity index (χ4n) is 4.00. The van der Waals surface area contributed by atoms with Crippen molar-refractivity contribution in [2.75, 3.05) is 13.1 Å². The number of hydrogen-bond donors (Lipinski definition) is 1. The number of nitrogens with one attached hydrogen (secondary N) is 1. The van der Waals surface area contributed by atoms with Crippen molar-refractivity contribution in [3.8, 4) is 6.07 Å². The fraction of sp³-hybridized carbons (Fsp3) is 0.941. The van der Waals surface area contributed by atoms with Gasteiger partial charge in [0.15, 0.2) is 0 Å². The molecule has 3 heteroatoms. The van der Waals surface area contributed by atoms with E-state index in [0.717, 1.165) is 12.8 Å². The maximum Gasteiger partial charge on any atom is 0.108 e. The Morgan fingerprint density at radius 1 is 1.20 bits per heavy atom. The molecule has 0 bridgehead atoms. The van der Waals surface area contributed by atoms with Crippen molar-refractivity contribution >= 4 is 0 Å². The zero-order valence-corrected chi connectivity index (χ0v) is 13.1. The average molecular weight is 275 g/mol. The summed E-state index contributed by atoms with van der Waals surface area (Å²) < 4.78 is 0. The third kappa shape index (κ3) is 2.87. The molecule has 0 spiro atoms. The zero-order chi connectivity index (χ0) is 14.2. The predicted molar refractivity (Wildman–Crippen MR) is 81.3 cm³/mol. The van der Waals surface area contributed by atoms with E-state index in [1.807, 2.05) is 0 Å². The Hall–Kier alpha value is -0.590. The summed E-state index contributed by atoms with van der Waals surface area (Å²) in [4.78, 5) is 2.67. The Kier molecular flexibility index (Phi) is 3.81. The van der Waals surface area contributed by atoms with E-state index in [4.69, 9.17) is 0 Å². The second-order valence-corrected chi connectivity index (χ2v) is 7.71. The number of nitrogens with zero attached hydrogens (tertiary/aromatic N) is 2. The minimum Gasteiger partial charge on any atom is -0.300 e. The van der Waals surface area contributed by atoms with E-state index < -0.39 is 0 Å². The average Bonchev–Trinajstić information content (AvgIpc) is 3.18. The summed E-state index contributed by atoms with van der Waals surface area (Å²) in [6.07, 6.45) is 9.80. The van der Waals surface area contributed by atoms with Crippen LogP contribution in [0.1, 0.15) is 65.2 Å². The minimum atomic E-state index is -0.211. The van der Waals surface area contributed by atoms with Gasteiger partial charge in [0.25, 0.3) is 0 Å². The Balaban J connectivity index is 1.56. The van der Waals surface area contributed by atoms with Crippen molar-refractivity contribution in [1.29, 1.82) is 5.26 Å². The lowest BCUT2D eigenvalue weighted by Crippen LogP contribution is -2.47. The smallest absolute Gasteiger partial charge is 0.108 e. The van der Waals surface area contributed by atoms with Crippen molar-refractivity contribution in [3.63, 3.8) is 0 Å². The summed E-state index contributed by atoms with van der Waals surface area (Å²) in [7, 11) is 0. The first kappa shape index (κ1) is 14.4. The van der Waals surface area contributed by atoms with E-state index in [-0.39, 0.29) is 5.54 Å². The molecule has 2 aliphatic carbocycles. The van der Waals surface area contributed by atoms with Gasteiger partial charge in [0, 0.05) is 12.1 Å². The molecule has 3 rings (SSSR count). The molecule has 3 nitrogen and oxygen atoms in total. The quantitative estimate of drug-likeness (QED) is 0.857. The van der Waals surface area contributed by atoms with E-state index in [0.29, 0.717) is 17.5 Å². The van der Waals surface area contributed by atoms with Crippen LogP contribution in [0.15, 0.2) is 0 Å².